The summed E-state index contributed by atoms with van der Waals surface area (Å²) >= 11 is 6.72. The second kappa shape index (κ2) is 8.00. The van der Waals surface area contributed by atoms with Gasteiger partial charge < -0.3 is 4.90 Å². The van der Waals surface area contributed by atoms with Crippen molar-refractivity contribution >= 4 is 35.1 Å². The molecule has 4 amide bonds. The fourth-order valence-corrected chi connectivity index (χ4v) is 4.73. The van der Waals surface area contributed by atoms with Crippen molar-refractivity contribution in [2.45, 2.75) is 44.6 Å². The first-order valence-corrected chi connectivity index (χ1v) is 10.8. The van der Waals surface area contributed by atoms with E-state index in [4.69, 9.17) is 11.6 Å². The lowest BCUT2D eigenvalue weighted by molar-refractivity contribution is -0.134. The molecule has 2 aliphatic heterocycles. The number of carbonyl (C=O) groups excluding carboxylic acids is 3. The van der Waals surface area contributed by atoms with Crippen LogP contribution in [0.2, 0.25) is 5.02 Å². The number of carbonyl (C=O) groups is 3. The molecule has 2 aromatic carbocycles. The quantitative estimate of drug-likeness (QED) is 0.712. The van der Waals surface area contributed by atoms with Crippen LogP contribution in [0.5, 0.6) is 0 Å². The predicted molar refractivity (Wildman–Crippen MR) is 121 cm³/mol. The van der Waals surface area contributed by atoms with Gasteiger partial charge in [-0.15, -0.1) is 0 Å². The number of benzene rings is 2. The number of hydrogen-bond acceptors (Lipinski definition) is 3. The molecule has 6 nitrogen and oxygen atoms in total. The van der Waals surface area contributed by atoms with Crippen molar-refractivity contribution in [3.05, 3.63) is 53.1 Å². The standard InChI is InChI=1S/C24H26ClN3O3/c1-24(2)13-14-27(3)23(31)28(24)16-9-7-15(8-10-16)17-5-4-6-18(21(17)25)19-11-12-20(29)26-22(19)30/h4-10,19H,11-14H2,1-3H3,(H,26,29,30). The molecule has 1 atom stereocenters. The van der Waals surface area contributed by atoms with Gasteiger partial charge in [-0.25, -0.2) is 4.79 Å². The van der Waals surface area contributed by atoms with Gasteiger partial charge in [-0.2, -0.15) is 0 Å². The Morgan fingerprint density at radius 2 is 1.77 bits per heavy atom. The van der Waals surface area contributed by atoms with E-state index >= 15 is 0 Å². The van der Waals surface area contributed by atoms with E-state index in [1.165, 1.54) is 0 Å². The van der Waals surface area contributed by atoms with E-state index in [1.54, 1.807) is 4.90 Å². The largest absolute Gasteiger partial charge is 0.327 e. The van der Waals surface area contributed by atoms with Crippen LogP contribution in [0.4, 0.5) is 10.5 Å². The van der Waals surface area contributed by atoms with Gasteiger partial charge in [0.15, 0.2) is 0 Å². The van der Waals surface area contributed by atoms with E-state index in [0.717, 1.165) is 35.3 Å². The number of imide groups is 1. The average Bonchev–Trinajstić information content (AvgIpc) is 2.72. The smallest absolute Gasteiger partial charge is 0.324 e. The van der Waals surface area contributed by atoms with Crippen molar-refractivity contribution < 1.29 is 14.4 Å². The first kappa shape index (κ1) is 21.4. The second-order valence-electron chi connectivity index (χ2n) is 8.86. The van der Waals surface area contributed by atoms with Crippen LogP contribution in [0, 0.1) is 0 Å². The zero-order chi connectivity index (χ0) is 22.3. The highest BCUT2D eigenvalue weighted by Gasteiger charge is 2.38. The molecule has 31 heavy (non-hydrogen) atoms. The van der Waals surface area contributed by atoms with E-state index < -0.39 is 5.92 Å². The molecule has 2 heterocycles. The molecule has 1 unspecified atom stereocenters. The minimum Gasteiger partial charge on any atom is -0.327 e. The number of amides is 4. The minimum absolute atomic E-state index is 0.0121. The van der Waals surface area contributed by atoms with Gasteiger partial charge in [-0.05, 0) is 49.9 Å². The summed E-state index contributed by atoms with van der Waals surface area (Å²) in [5, 5.41) is 2.91. The molecular weight excluding hydrogens is 414 g/mol. The van der Waals surface area contributed by atoms with Crippen LogP contribution in [0.15, 0.2) is 42.5 Å². The van der Waals surface area contributed by atoms with E-state index in [0.29, 0.717) is 17.9 Å². The molecule has 0 aliphatic carbocycles. The Balaban J connectivity index is 1.65. The zero-order valence-electron chi connectivity index (χ0n) is 17.9. The summed E-state index contributed by atoms with van der Waals surface area (Å²) in [5.74, 6) is -0.989. The third kappa shape index (κ3) is 3.92. The molecular formula is C24H26ClN3O3. The Bertz CT molecular complexity index is 1050. The van der Waals surface area contributed by atoms with E-state index in [1.807, 2.05) is 54.4 Å². The third-order valence-corrected chi connectivity index (χ3v) is 6.68. The number of anilines is 1. The van der Waals surface area contributed by atoms with Gasteiger partial charge >= 0.3 is 6.03 Å². The lowest BCUT2D eigenvalue weighted by atomic mass is 9.88. The summed E-state index contributed by atoms with van der Waals surface area (Å²) in [5.41, 5.74) is 3.01. The van der Waals surface area contributed by atoms with E-state index in [-0.39, 0.29) is 23.4 Å². The maximum atomic E-state index is 12.8. The highest BCUT2D eigenvalue weighted by molar-refractivity contribution is 6.34. The molecule has 0 aromatic heterocycles. The number of rotatable bonds is 3. The summed E-state index contributed by atoms with van der Waals surface area (Å²) in [6, 6.07) is 13.4. The Kier molecular flexibility index (Phi) is 5.52. The molecule has 2 saturated heterocycles. The van der Waals surface area contributed by atoms with Gasteiger partial charge in [0.1, 0.15) is 0 Å². The second-order valence-corrected chi connectivity index (χ2v) is 9.24. The average molecular weight is 440 g/mol. The molecule has 162 valence electrons. The Labute approximate surface area is 187 Å². The van der Waals surface area contributed by atoms with Crippen molar-refractivity contribution in [3.63, 3.8) is 0 Å². The minimum atomic E-state index is -0.438. The SMILES string of the molecule is CN1CCC(C)(C)N(c2ccc(-c3cccc(C4CCC(=O)NC4=O)c3Cl)cc2)C1=O. The first-order chi connectivity index (χ1) is 14.7. The van der Waals surface area contributed by atoms with Crippen molar-refractivity contribution in [2.24, 2.45) is 0 Å². The van der Waals surface area contributed by atoms with Gasteiger partial charge in [0, 0.05) is 36.8 Å². The van der Waals surface area contributed by atoms with Crippen molar-refractivity contribution in [2.75, 3.05) is 18.5 Å². The number of piperidine rings is 1. The van der Waals surface area contributed by atoms with Crippen LogP contribution in [0.1, 0.15) is 44.6 Å². The Hall–Kier alpha value is -2.86. The highest BCUT2D eigenvalue weighted by Crippen LogP contribution is 2.38. The molecule has 0 saturated carbocycles. The molecule has 2 aromatic rings. The van der Waals surface area contributed by atoms with Gasteiger partial charge in [0.05, 0.1) is 10.9 Å². The van der Waals surface area contributed by atoms with Crippen molar-refractivity contribution in [1.29, 1.82) is 0 Å². The molecule has 1 N–H and O–H groups in total. The van der Waals surface area contributed by atoms with Crippen molar-refractivity contribution in [3.8, 4) is 11.1 Å². The Morgan fingerprint density at radius 3 is 2.45 bits per heavy atom. The van der Waals surface area contributed by atoms with Crippen LogP contribution >= 0.6 is 11.6 Å². The summed E-state index contributed by atoms with van der Waals surface area (Å²) < 4.78 is 0. The van der Waals surface area contributed by atoms with E-state index in [2.05, 4.69) is 19.2 Å². The maximum absolute atomic E-state index is 12.8. The lowest BCUT2D eigenvalue weighted by Crippen LogP contribution is -2.58. The van der Waals surface area contributed by atoms with E-state index in [9.17, 15) is 14.4 Å². The number of nitrogens with one attached hydrogen (secondary N) is 1. The fourth-order valence-electron chi connectivity index (χ4n) is 4.36. The highest BCUT2D eigenvalue weighted by atomic mass is 35.5. The third-order valence-electron chi connectivity index (χ3n) is 6.26. The monoisotopic (exact) mass is 439 g/mol. The molecule has 7 heteroatoms. The zero-order valence-corrected chi connectivity index (χ0v) is 18.7. The summed E-state index contributed by atoms with van der Waals surface area (Å²) in [6.07, 6.45) is 1.64. The van der Waals surface area contributed by atoms with Crippen LogP contribution in [0.3, 0.4) is 0 Å². The van der Waals surface area contributed by atoms with Crippen LogP contribution < -0.4 is 10.2 Å². The van der Waals surface area contributed by atoms with Gasteiger partial charge in [-0.3, -0.25) is 19.8 Å². The number of urea groups is 1. The number of hydrogen-bond donors (Lipinski definition) is 1. The van der Waals surface area contributed by atoms with Gasteiger partial charge in [-0.1, -0.05) is 41.9 Å². The number of halogens is 1. The maximum Gasteiger partial charge on any atom is 0.324 e. The fraction of sp³-hybridized carbons (Fsp3) is 0.375. The van der Waals surface area contributed by atoms with Gasteiger partial charge in [0.25, 0.3) is 0 Å². The van der Waals surface area contributed by atoms with Crippen LogP contribution in [0.25, 0.3) is 11.1 Å². The summed E-state index contributed by atoms with van der Waals surface area (Å²) in [4.78, 5) is 40.2. The first-order valence-electron chi connectivity index (χ1n) is 10.5. The predicted octanol–water partition coefficient (Wildman–Crippen LogP) is 4.57. The summed E-state index contributed by atoms with van der Waals surface area (Å²) in [7, 11) is 1.82. The topological polar surface area (TPSA) is 69.7 Å². The lowest BCUT2D eigenvalue weighted by Gasteiger charge is -2.45. The number of nitrogens with zero attached hydrogens (tertiary/aromatic N) is 2. The summed E-state index contributed by atoms with van der Waals surface area (Å²) in [6.45, 7) is 4.89. The van der Waals surface area contributed by atoms with Gasteiger partial charge in [0.2, 0.25) is 11.8 Å². The molecule has 0 spiro atoms. The normalized spacial score (nSPS) is 21.3. The van der Waals surface area contributed by atoms with Crippen molar-refractivity contribution in [1.82, 2.24) is 10.2 Å². The molecule has 4 rings (SSSR count). The van der Waals surface area contributed by atoms with Crippen LogP contribution in [-0.2, 0) is 9.59 Å². The molecule has 2 fully saturated rings. The van der Waals surface area contributed by atoms with Crippen LogP contribution in [-0.4, -0.2) is 41.9 Å². The Morgan fingerprint density at radius 1 is 1.06 bits per heavy atom. The molecule has 0 radical (unpaired) electrons. The molecule has 0 bridgehead atoms. The molecule has 2 aliphatic rings.